The highest BCUT2D eigenvalue weighted by molar-refractivity contribution is 5.97. The molecule has 0 bridgehead atoms. The van der Waals surface area contributed by atoms with Crippen LogP contribution in [-0.4, -0.2) is 12.4 Å². The molecule has 0 amide bonds. The smallest absolute Gasteiger partial charge is 0.163 e. The van der Waals surface area contributed by atoms with Gasteiger partial charge in [0.1, 0.15) is 5.75 Å². The first-order valence-corrected chi connectivity index (χ1v) is 7.48. The van der Waals surface area contributed by atoms with Crippen LogP contribution in [0.3, 0.4) is 0 Å². The summed E-state index contributed by atoms with van der Waals surface area (Å²) in [5.74, 6) is 1.23. The maximum absolute atomic E-state index is 12.4. The predicted octanol–water partition coefficient (Wildman–Crippen LogP) is 4.05. The Bertz CT molecular complexity index is 686. The van der Waals surface area contributed by atoms with Crippen molar-refractivity contribution in [3.63, 3.8) is 0 Å². The third-order valence-corrected chi connectivity index (χ3v) is 4.08. The van der Waals surface area contributed by atoms with Gasteiger partial charge in [-0.3, -0.25) is 4.79 Å². The molecule has 0 fully saturated rings. The van der Waals surface area contributed by atoms with E-state index in [4.69, 9.17) is 4.74 Å². The molecular weight excluding hydrogens is 260 g/mol. The minimum Gasteiger partial charge on any atom is -0.493 e. The molecule has 108 valence electrons. The molecule has 0 N–H and O–H groups in total. The molecule has 2 heteroatoms. The van der Waals surface area contributed by atoms with Gasteiger partial charge in [0.25, 0.3) is 0 Å². The molecule has 0 unspecified atom stereocenters. The third-order valence-electron chi connectivity index (χ3n) is 4.08. The Morgan fingerprint density at radius 2 is 2.00 bits per heavy atom. The molecule has 0 aromatic heterocycles. The molecule has 2 aromatic rings. The number of carbonyl (C=O) groups excluding carboxylic acids is 1. The van der Waals surface area contributed by atoms with E-state index >= 15 is 0 Å². The molecule has 1 aliphatic rings. The lowest BCUT2D eigenvalue weighted by atomic mass is 9.97. The van der Waals surface area contributed by atoms with E-state index < -0.39 is 0 Å². The van der Waals surface area contributed by atoms with Crippen LogP contribution in [0.25, 0.3) is 0 Å². The molecular formula is C19H20O2. The number of fused-ring (bicyclic) bond motifs is 1. The standard InChI is InChI=1S/C19H20O2/c1-13-3-6-17(14(2)11-13)18(20)7-4-15-5-8-19-16(12-15)9-10-21-19/h3,5-6,8,11-12H,4,7,9-10H2,1-2H3. The van der Waals surface area contributed by atoms with Crippen LogP contribution in [0.1, 0.15) is 39.0 Å². The van der Waals surface area contributed by atoms with E-state index in [1.54, 1.807) is 0 Å². The van der Waals surface area contributed by atoms with Crippen LogP contribution in [0.2, 0.25) is 0 Å². The first-order valence-electron chi connectivity index (χ1n) is 7.48. The minimum absolute atomic E-state index is 0.226. The highest BCUT2D eigenvalue weighted by Gasteiger charge is 2.13. The topological polar surface area (TPSA) is 26.3 Å². The Balaban J connectivity index is 1.68. The number of benzene rings is 2. The van der Waals surface area contributed by atoms with Gasteiger partial charge in [0.2, 0.25) is 0 Å². The van der Waals surface area contributed by atoms with E-state index in [-0.39, 0.29) is 5.78 Å². The summed E-state index contributed by atoms with van der Waals surface area (Å²) in [5, 5.41) is 0. The van der Waals surface area contributed by atoms with Crippen LogP contribution >= 0.6 is 0 Å². The van der Waals surface area contributed by atoms with Crippen LogP contribution < -0.4 is 4.74 Å². The zero-order chi connectivity index (χ0) is 14.8. The van der Waals surface area contributed by atoms with E-state index in [2.05, 4.69) is 18.2 Å². The molecule has 1 heterocycles. The quantitative estimate of drug-likeness (QED) is 0.790. The molecule has 21 heavy (non-hydrogen) atoms. The van der Waals surface area contributed by atoms with Crippen molar-refractivity contribution in [3.05, 3.63) is 64.2 Å². The molecule has 0 spiro atoms. The average Bonchev–Trinajstić information content (AvgIpc) is 2.92. The second-order valence-electron chi connectivity index (χ2n) is 5.78. The highest BCUT2D eigenvalue weighted by Crippen LogP contribution is 2.26. The number of hydrogen-bond acceptors (Lipinski definition) is 2. The maximum Gasteiger partial charge on any atom is 0.163 e. The largest absolute Gasteiger partial charge is 0.493 e. The van der Waals surface area contributed by atoms with Gasteiger partial charge in [0.15, 0.2) is 5.78 Å². The van der Waals surface area contributed by atoms with Crippen molar-refractivity contribution in [1.82, 2.24) is 0 Å². The number of aryl methyl sites for hydroxylation is 3. The molecule has 0 radical (unpaired) electrons. The van der Waals surface area contributed by atoms with Gasteiger partial charge in [-0.1, -0.05) is 35.9 Å². The van der Waals surface area contributed by atoms with Crippen molar-refractivity contribution in [2.45, 2.75) is 33.1 Å². The Labute approximate surface area is 125 Å². The number of hydrogen-bond donors (Lipinski definition) is 0. The van der Waals surface area contributed by atoms with Crippen LogP contribution in [0.5, 0.6) is 5.75 Å². The van der Waals surface area contributed by atoms with Gasteiger partial charge in [-0.15, -0.1) is 0 Å². The summed E-state index contributed by atoms with van der Waals surface area (Å²) in [6, 6.07) is 12.3. The molecule has 2 aromatic carbocycles. The van der Waals surface area contributed by atoms with E-state index in [0.29, 0.717) is 6.42 Å². The van der Waals surface area contributed by atoms with Crippen LogP contribution in [0.4, 0.5) is 0 Å². The van der Waals surface area contributed by atoms with Crippen LogP contribution in [0.15, 0.2) is 36.4 Å². The van der Waals surface area contributed by atoms with E-state index in [9.17, 15) is 4.79 Å². The first kappa shape index (κ1) is 13.9. The number of Topliss-reactive ketones (excluding diaryl/α,β-unsaturated/α-hetero) is 1. The summed E-state index contributed by atoms with van der Waals surface area (Å²) in [7, 11) is 0. The fraction of sp³-hybridized carbons (Fsp3) is 0.316. The van der Waals surface area contributed by atoms with Crippen molar-refractivity contribution in [2.75, 3.05) is 6.61 Å². The van der Waals surface area contributed by atoms with Crippen molar-refractivity contribution < 1.29 is 9.53 Å². The monoisotopic (exact) mass is 280 g/mol. The Morgan fingerprint density at radius 1 is 1.14 bits per heavy atom. The van der Waals surface area contributed by atoms with Crippen molar-refractivity contribution in [3.8, 4) is 5.75 Å². The summed E-state index contributed by atoms with van der Waals surface area (Å²) < 4.78 is 5.51. The van der Waals surface area contributed by atoms with E-state index in [1.165, 1.54) is 16.7 Å². The number of ether oxygens (including phenoxy) is 1. The molecule has 2 nitrogen and oxygen atoms in total. The maximum atomic E-state index is 12.4. The lowest BCUT2D eigenvalue weighted by Crippen LogP contribution is -2.04. The van der Waals surface area contributed by atoms with Crippen LogP contribution in [0, 0.1) is 13.8 Å². The summed E-state index contributed by atoms with van der Waals surface area (Å²) in [4.78, 5) is 12.4. The number of carbonyl (C=O) groups is 1. The minimum atomic E-state index is 0.226. The summed E-state index contributed by atoms with van der Waals surface area (Å²) in [5.41, 5.74) is 5.61. The average molecular weight is 280 g/mol. The fourth-order valence-corrected chi connectivity index (χ4v) is 2.91. The lowest BCUT2D eigenvalue weighted by Gasteiger charge is -2.07. The van der Waals surface area contributed by atoms with Crippen molar-refractivity contribution in [2.24, 2.45) is 0 Å². The predicted molar refractivity (Wildman–Crippen MR) is 84.2 cm³/mol. The van der Waals surface area contributed by atoms with Gasteiger partial charge in [0, 0.05) is 18.4 Å². The van der Waals surface area contributed by atoms with Gasteiger partial charge in [0.05, 0.1) is 6.61 Å². The second kappa shape index (κ2) is 5.72. The Hall–Kier alpha value is -2.09. The van der Waals surface area contributed by atoms with Gasteiger partial charge in [-0.2, -0.15) is 0 Å². The Morgan fingerprint density at radius 3 is 2.81 bits per heavy atom. The van der Waals surface area contributed by atoms with E-state index in [1.807, 2.05) is 32.0 Å². The third kappa shape index (κ3) is 2.99. The molecule has 0 saturated carbocycles. The molecule has 0 aliphatic carbocycles. The second-order valence-corrected chi connectivity index (χ2v) is 5.78. The fourth-order valence-electron chi connectivity index (χ4n) is 2.91. The van der Waals surface area contributed by atoms with Gasteiger partial charge in [-0.25, -0.2) is 0 Å². The number of ketones is 1. The zero-order valence-corrected chi connectivity index (χ0v) is 12.6. The summed E-state index contributed by atoms with van der Waals surface area (Å²) in [6.07, 6.45) is 2.33. The molecule has 3 rings (SSSR count). The highest BCUT2D eigenvalue weighted by atomic mass is 16.5. The van der Waals surface area contributed by atoms with Gasteiger partial charge >= 0.3 is 0 Å². The molecule has 1 aliphatic heterocycles. The van der Waals surface area contributed by atoms with Gasteiger partial charge < -0.3 is 4.74 Å². The normalized spacial score (nSPS) is 12.9. The van der Waals surface area contributed by atoms with Crippen LogP contribution in [-0.2, 0) is 12.8 Å². The zero-order valence-electron chi connectivity index (χ0n) is 12.6. The molecule has 0 atom stereocenters. The van der Waals surface area contributed by atoms with Crippen molar-refractivity contribution in [1.29, 1.82) is 0 Å². The summed E-state index contributed by atoms with van der Waals surface area (Å²) >= 11 is 0. The lowest BCUT2D eigenvalue weighted by molar-refractivity contribution is 0.0982. The van der Waals surface area contributed by atoms with Crippen molar-refractivity contribution >= 4 is 5.78 Å². The Kier molecular flexibility index (Phi) is 3.78. The van der Waals surface area contributed by atoms with E-state index in [0.717, 1.165) is 36.3 Å². The first-order chi connectivity index (χ1) is 10.1. The number of rotatable bonds is 4. The van der Waals surface area contributed by atoms with Gasteiger partial charge in [-0.05, 0) is 43.0 Å². The summed E-state index contributed by atoms with van der Waals surface area (Å²) in [6.45, 7) is 4.83. The SMILES string of the molecule is Cc1ccc(C(=O)CCc2ccc3c(c2)CCO3)c(C)c1. The molecule has 0 saturated heterocycles.